The van der Waals surface area contributed by atoms with Gasteiger partial charge in [0.1, 0.15) is 24.1 Å². The molecule has 2 aromatic carbocycles. The summed E-state index contributed by atoms with van der Waals surface area (Å²) in [5, 5.41) is 60.7. The number of aryl methyl sites for hydroxylation is 1. The van der Waals surface area contributed by atoms with Crippen LogP contribution in [-0.2, 0) is 0 Å². The number of phenolic OH excluding ortho intramolecular Hbond substituents is 2. The van der Waals surface area contributed by atoms with E-state index in [-0.39, 0.29) is 34.4 Å². The summed E-state index contributed by atoms with van der Waals surface area (Å²) < 4.78 is 5.74. The Morgan fingerprint density at radius 3 is 2.35 bits per heavy atom. The predicted molar refractivity (Wildman–Crippen MR) is 105 cm³/mol. The van der Waals surface area contributed by atoms with Crippen molar-refractivity contribution in [2.75, 3.05) is 6.61 Å². The fraction of sp³-hybridized carbons (Fsp3) is 0.364. The minimum Gasteiger partial charge on any atom is -0.507 e. The summed E-state index contributed by atoms with van der Waals surface area (Å²) in [6.45, 7) is 1.08. The van der Waals surface area contributed by atoms with E-state index in [0.717, 1.165) is 0 Å². The van der Waals surface area contributed by atoms with Gasteiger partial charge in [-0.3, -0.25) is 9.59 Å². The maximum absolute atomic E-state index is 13.0. The molecule has 1 fully saturated rings. The van der Waals surface area contributed by atoms with Crippen LogP contribution in [0.5, 0.6) is 17.2 Å². The molecule has 0 saturated heterocycles. The zero-order chi connectivity index (χ0) is 22.6. The van der Waals surface area contributed by atoms with Crippen molar-refractivity contribution in [1.29, 1.82) is 0 Å². The molecule has 0 heterocycles. The average Bonchev–Trinajstić information content (AvgIpc) is 2.74. The summed E-state index contributed by atoms with van der Waals surface area (Å²) >= 11 is 0. The lowest BCUT2D eigenvalue weighted by molar-refractivity contribution is -0.157. The number of aliphatic hydroxyl groups excluding tert-OH is 4. The van der Waals surface area contributed by atoms with Gasteiger partial charge in [-0.25, -0.2) is 0 Å². The van der Waals surface area contributed by atoms with Gasteiger partial charge in [-0.05, 0) is 31.0 Å². The molecule has 4 rings (SSSR count). The second-order valence-corrected chi connectivity index (χ2v) is 7.96. The number of benzene rings is 2. The van der Waals surface area contributed by atoms with Crippen molar-refractivity contribution in [3.8, 4) is 17.2 Å². The Bertz CT molecular complexity index is 1080. The van der Waals surface area contributed by atoms with E-state index in [4.69, 9.17) is 4.74 Å². The molecular formula is C22H22O9. The van der Waals surface area contributed by atoms with Gasteiger partial charge in [-0.2, -0.15) is 0 Å². The number of carbonyl (C=O) groups excluding carboxylic acids is 2. The van der Waals surface area contributed by atoms with Gasteiger partial charge >= 0.3 is 0 Å². The third-order valence-electron chi connectivity index (χ3n) is 6.03. The van der Waals surface area contributed by atoms with Crippen LogP contribution in [-0.4, -0.2) is 73.2 Å². The van der Waals surface area contributed by atoms with Crippen LogP contribution in [0.25, 0.3) is 0 Å². The highest BCUT2D eigenvalue weighted by molar-refractivity contribution is 6.30. The fourth-order valence-corrected chi connectivity index (χ4v) is 4.31. The number of ether oxygens (including phenoxy) is 1. The van der Waals surface area contributed by atoms with Gasteiger partial charge in [0.15, 0.2) is 17.3 Å². The third kappa shape index (κ3) is 3.17. The van der Waals surface area contributed by atoms with Crippen LogP contribution >= 0.6 is 0 Å². The van der Waals surface area contributed by atoms with E-state index in [1.54, 1.807) is 0 Å². The molecule has 31 heavy (non-hydrogen) atoms. The molecule has 164 valence electrons. The van der Waals surface area contributed by atoms with Crippen molar-refractivity contribution in [3.05, 3.63) is 52.1 Å². The van der Waals surface area contributed by atoms with Gasteiger partial charge in [0.2, 0.25) is 5.78 Å². The highest BCUT2D eigenvalue weighted by Gasteiger charge is 2.44. The highest BCUT2D eigenvalue weighted by Crippen LogP contribution is 2.44. The first-order valence-corrected chi connectivity index (χ1v) is 9.77. The van der Waals surface area contributed by atoms with Crippen LogP contribution < -0.4 is 4.74 Å². The molecule has 5 atom stereocenters. The average molecular weight is 430 g/mol. The quantitative estimate of drug-likeness (QED) is 0.336. The second-order valence-electron chi connectivity index (χ2n) is 7.96. The first kappa shape index (κ1) is 21.3. The molecule has 0 amide bonds. The number of aromatic hydroxyl groups is 2. The molecule has 0 aromatic heterocycles. The lowest BCUT2D eigenvalue weighted by Crippen LogP contribution is -2.56. The van der Waals surface area contributed by atoms with Crippen LogP contribution in [0.15, 0.2) is 24.3 Å². The van der Waals surface area contributed by atoms with E-state index in [1.807, 2.05) is 0 Å². The van der Waals surface area contributed by atoms with E-state index in [2.05, 4.69) is 0 Å². The topological polar surface area (TPSA) is 165 Å². The standard InChI is InChI=1S/C22H22O9/c1-8-5-11-15(19(28)14-10(17(11)26)3-2-4-12(14)24)20(29)22(8)31-13-6-9(7-23)16(25)21(30)18(13)27/h2-5,9,13,16,18,21,23-25,27,29-30H,6-7H2,1H3/t9?,13-,16-,18?,21?/m0/s1. The van der Waals surface area contributed by atoms with Gasteiger partial charge in [0, 0.05) is 23.7 Å². The van der Waals surface area contributed by atoms with Crippen molar-refractivity contribution in [3.63, 3.8) is 0 Å². The molecule has 0 aliphatic heterocycles. The summed E-state index contributed by atoms with van der Waals surface area (Å²) in [7, 11) is 0. The highest BCUT2D eigenvalue weighted by atomic mass is 16.5. The Morgan fingerprint density at radius 2 is 1.68 bits per heavy atom. The van der Waals surface area contributed by atoms with Crippen LogP contribution in [0, 0.1) is 12.8 Å². The molecular weight excluding hydrogens is 408 g/mol. The molecule has 0 bridgehead atoms. The van der Waals surface area contributed by atoms with Crippen molar-refractivity contribution in [2.24, 2.45) is 5.92 Å². The summed E-state index contributed by atoms with van der Waals surface area (Å²) in [5.41, 5.74) is -0.269. The lowest BCUT2D eigenvalue weighted by Gasteiger charge is -2.40. The van der Waals surface area contributed by atoms with Gasteiger partial charge in [-0.1, -0.05) is 12.1 Å². The Balaban J connectivity index is 1.77. The maximum atomic E-state index is 13.0. The molecule has 2 aliphatic rings. The Labute approximate surface area is 176 Å². The van der Waals surface area contributed by atoms with Crippen LogP contribution in [0.2, 0.25) is 0 Å². The zero-order valence-electron chi connectivity index (χ0n) is 16.5. The van der Waals surface area contributed by atoms with Gasteiger partial charge in [-0.15, -0.1) is 0 Å². The number of carbonyl (C=O) groups is 2. The van der Waals surface area contributed by atoms with Gasteiger partial charge < -0.3 is 35.4 Å². The van der Waals surface area contributed by atoms with E-state index in [9.17, 15) is 40.2 Å². The normalized spacial score (nSPS) is 27.6. The molecule has 0 radical (unpaired) electrons. The number of fused-ring (bicyclic) bond motifs is 2. The first-order chi connectivity index (χ1) is 14.7. The van der Waals surface area contributed by atoms with Crippen molar-refractivity contribution >= 4 is 11.6 Å². The summed E-state index contributed by atoms with van der Waals surface area (Å²) in [6.07, 6.45) is -5.58. The van der Waals surface area contributed by atoms with Crippen LogP contribution in [0.4, 0.5) is 0 Å². The lowest BCUT2D eigenvalue weighted by atomic mass is 9.80. The van der Waals surface area contributed by atoms with Gasteiger partial charge in [0.05, 0.1) is 17.2 Å². The number of phenols is 2. The molecule has 2 aliphatic carbocycles. The number of hydrogen-bond acceptors (Lipinski definition) is 9. The minimum absolute atomic E-state index is 0.0237. The molecule has 6 N–H and O–H groups in total. The molecule has 9 heteroatoms. The smallest absolute Gasteiger partial charge is 0.202 e. The zero-order valence-corrected chi connectivity index (χ0v) is 16.5. The third-order valence-corrected chi connectivity index (χ3v) is 6.03. The summed E-state index contributed by atoms with van der Waals surface area (Å²) in [6, 6.07) is 5.49. The van der Waals surface area contributed by atoms with Crippen LogP contribution in [0.3, 0.4) is 0 Å². The van der Waals surface area contributed by atoms with Crippen LogP contribution in [0.1, 0.15) is 43.8 Å². The SMILES string of the molecule is Cc1cc2c(c(O)c1O[C@H]1CC(CO)[C@H](O)C(O)C1O)C(=O)c1c(O)cccc1C2=O. The monoisotopic (exact) mass is 430 g/mol. The molecule has 3 unspecified atom stereocenters. The molecule has 2 aromatic rings. The van der Waals surface area contributed by atoms with Crippen molar-refractivity contribution in [1.82, 2.24) is 0 Å². The summed E-state index contributed by atoms with van der Waals surface area (Å²) in [5.74, 6) is -3.26. The summed E-state index contributed by atoms with van der Waals surface area (Å²) in [4.78, 5) is 25.9. The van der Waals surface area contributed by atoms with E-state index in [0.29, 0.717) is 5.56 Å². The van der Waals surface area contributed by atoms with Crippen molar-refractivity contribution < 1.29 is 45.0 Å². The molecule has 0 spiro atoms. The molecule has 9 nitrogen and oxygen atoms in total. The largest absolute Gasteiger partial charge is 0.507 e. The fourth-order valence-electron chi connectivity index (χ4n) is 4.31. The van der Waals surface area contributed by atoms with E-state index >= 15 is 0 Å². The Hall–Kier alpha value is -2.98. The Kier molecular flexibility index (Phi) is 5.22. The van der Waals surface area contributed by atoms with E-state index in [1.165, 1.54) is 31.2 Å². The van der Waals surface area contributed by atoms with E-state index < -0.39 is 60.0 Å². The maximum Gasteiger partial charge on any atom is 0.202 e. The number of hydrogen-bond donors (Lipinski definition) is 6. The van der Waals surface area contributed by atoms with Crippen molar-refractivity contribution in [2.45, 2.75) is 37.8 Å². The Morgan fingerprint density at radius 1 is 0.968 bits per heavy atom. The first-order valence-electron chi connectivity index (χ1n) is 9.77. The second kappa shape index (κ2) is 7.61. The minimum atomic E-state index is -1.58. The van der Waals surface area contributed by atoms with Gasteiger partial charge in [0.25, 0.3) is 0 Å². The number of ketones is 2. The number of aliphatic hydroxyl groups is 4. The molecule has 1 saturated carbocycles. The number of rotatable bonds is 3. The predicted octanol–water partition coefficient (Wildman–Crippen LogP) is 0.0239.